The number of rotatable bonds is 15. The molecule has 4 rings (SSSR count). The van der Waals surface area contributed by atoms with Crippen molar-refractivity contribution in [1.82, 2.24) is 15.1 Å². The molecule has 1 fully saturated rings. The first-order valence-corrected chi connectivity index (χ1v) is 15.7. The highest BCUT2D eigenvalue weighted by Gasteiger charge is 2.38. The number of esters is 2. The van der Waals surface area contributed by atoms with Crippen LogP contribution in [0.2, 0.25) is 0 Å². The van der Waals surface area contributed by atoms with Crippen LogP contribution in [0.25, 0.3) is 0 Å². The van der Waals surface area contributed by atoms with Gasteiger partial charge in [-0.15, -0.1) is 0 Å². The van der Waals surface area contributed by atoms with Crippen LogP contribution in [-0.2, 0) is 19.1 Å². The molecule has 1 unspecified atom stereocenters. The summed E-state index contributed by atoms with van der Waals surface area (Å²) < 4.78 is 22.3. The largest absolute Gasteiger partial charge is 0.493 e. The van der Waals surface area contributed by atoms with Crippen molar-refractivity contribution in [2.45, 2.75) is 39.5 Å². The maximum Gasteiger partial charge on any atom is 0.336 e. The SMILES string of the molecule is CCOC(=O)C1=C(C)NC(C)=C(C(=O)OCCCN2CCN(CCCOc3ccccc3OC)CC2)C1c1cccc([N+](=O)[O-])c1. The third-order valence-corrected chi connectivity index (χ3v) is 8.15. The summed E-state index contributed by atoms with van der Waals surface area (Å²) in [5.41, 5.74) is 1.81. The number of nitro groups is 1. The monoisotopic (exact) mass is 636 g/mol. The van der Waals surface area contributed by atoms with Crippen molar-refractivity contribution < 1.29 is 33.5 Å². The van der Waals surface area contributed by atoms with Gasteiger partial charge in [0.2, 0.25) is 0 Å². The van der Waals surface area contributed by atoms with Crippen molar-refractivity contribution in [3.8, 4) is 11.5 Å². The van der Waals surface area contributed by atoms with Gasteiger partial charge < -0.3 is 34.1 Å². The van der Waals surface area contributed by atoms with Gasteiger partial charge in [-0.1, -0.05) is 24.3 Å². The Bertz CT molecular complexity index is 1450. The number of nitro benzene ring substituents is 1. The van der Waals surface area contributed by atoms with E-state index in [1.807, 2.05) is 24.3 Å². The normalized spacial score (nSPS) is 17.3. The van der Waals surface area contributed by atoms with Crippen LogP contribution in [0.5, 0.6) is 11.5 Å². The highest BCUT2D eigenvalue weighted by molar-refractivity contribution is 6.00. The minimum atomic E-state index is -0.874. The van der Waals surface area contributed by atoms with Gasteiger partial charge in [0.05, 0.1) is 48.9 Å². The zero-order valence-corrected chi connectivity index (χ0v) is 27.1. The van der Waals surface area contributed by atoms with Crippen LogP contribution in [0.1, 0.15) is 45.1 Å². The van der Waals surface area contributed by atoms with Crippen molar-refractivity contribution in [3.05, 3.63) is 86.7 Å². The van der Waals surface area contributed by atoms with Crippen LogP contribution in [-0.4, -0.2) is 92.9 Å². The third-order valence-electron chi connectivity index (χ3n) is 8.15. The number of allylic oxidation sites excluding steroid dienone is 2. The minimum Gasteiger partial charge on any atom is -0.493 e. The summed E-state index contributed by atoms with van der Waals surface area (Å²) in [6.07, 6.45) is 1.57. The van der Waals surface area contributed by atoms with Gasteiger partial charge in [0.1, 0.15) is 0 Å². The zero-order valence-electron chi connectivity index (χ0n) is 27.1. The first kappa shape index (κ1) is 34.5. The van der Waals surface area contributed by atoms with E-state index in [9.17, 15) is 19.7 Å². The number of carbonyl (C=O) groups excluding carboxylic acids is 2. The van der Waals surface area contributed by atoms with Gasteiger partial charge in [0.25, 0.3) is 5.69 Å². The molecule has 0 aromatic heterocycles. The molecule has 2 aliphatic rings. The molecule has 0 amide bonds. The molecule has 0 aliphatic carbocycles. The molecule has 1 saturated heterocycles. The quantitative estimate of drug-likeness (QED) is 0.129. The molecule has 2 aromatic carbocycles. The third kappa shape index (κ3) is 8.85. The van der Waals surface area contributed by atoms with Crippen LogP contribution in [0.3, 0.4) is 0 Å². The van der Waals surface area contributed by atoms with Gasteiger partial charge in [-0.2, -0.15) is 0 Å². The molecule has 2 heterocycles. The molecule has 12 nitrogen and oxygen atoms in total. The number of piperazine rings is 1. The van der Waals surface area contributed by atoms with Crippen molar-refractivity contribution in [2.75, 3.05) is 66.2 Å². The Labute approximate surface area is 270 Å². The average Bonchev–Trinajstić information content (AvgIpc) is 3.05. The molecule has 1 atom stereocenters. The van der Waals surface area contributed by atoms with E-state index in [2.05, 4.69) is 15.1 Å². The Kier molecular flexibility index (Phi) is 12.6. The van der Waals surface area contributed by atoms with Crippen molar-refractivity contribution in [3.63, 3.8) is 0 Å². The Balaban J connectivity index is 1.27. The Morgan fingerprint density at radius 3 is 2.04 bits per heavy atom. The highest BCUT2D eigenvalue weighted by atomic mass is 16.6. The molecular weight excluding hydrogens is 592 g/mol. The smallest absolute Gasteiger partial charge is 0.336 e. The van der Waals surface area contributed by atoms with Crippen molar-refractivity contribution >= 4 is 17.6 Å². The molecule has 2 aromatic rings. The van der Waals surface area contributed by atoms with Crippen LogP contribution in [0, 0.1) is 10.1 Å². The molecule has 0 spiro atoms. The molecule has 1 N–H and O–H groups in total. The van der Waals surface area contributed by atoms with Crippen molar-refractivity contribution in [2.24, 2.45) is 0 Å². The average molecular weight is 637 g/mol. The van der Waals surface area contributed by atoms with Gasteiger partial charge in [-0.3, -0.25) is 10.1 Å². The van der Waals surface area contributed by atoms with E-state index < -0.39 is 22.8 Å². The maximum atomic E-state index is 13.5. The number of hydrogen-bond acceptors (Lipinski definition) is 11. The van der Waals surface area contributed by atoms with E-state index in [4.69, 9.17) is 18.9 Å². The molecule has 46 heavy (non-hydrogen) atoms. The summed E-state index contributed by atoms with van der Waals surface area (Å²) in [4.78, 5) is 42.4. The lowest BCUT2D eigenvalue weighted by Gasteiger charge is -2.34. The number of benzene rings is 2. The number of carbonyl (C=O) groups is 2. The Morgan fingerprint density at radius 2 is 1.46 bits per heavy atom. The lowest BCUT2D eigenvalue weighted by atomic mass is 9.80. The maximum absolute atomic E-state index is 13.5. The summed E-state index contributed by atoms with van der Waals surface area (Å²) in [7, 11) is 1.64. The fourth-order valence-corrected chi connectivity index (χ4v) is 5.87. The summed E-state index contributed by atoms with van der Waals surface area (Å²) in [6, 6.07) is 13.6. The predicted molar refractivity (Wildman–Crippen MR) is 173 cm³/mol. The van der Waals surface area contributed by atoms with Crippen LogP contribution in [0.4, 0.5) is 5.69 Å². The second-order valence-corrected chi connectivity index (χ2v) is 11.2. The first-order valence-electron chi connectivity index (χ1n) is 15.7. The minimum absolute atomic E-state index is 0.136. The van der Waals surface area contributed by atoms with Crippen LogP contribution >= 0.6 is 0 Å². The molecule has 0 radical (unpaired) electrons. The topological polar surface area (TPSA) is 133 Å². The molecule has 248 valence electrons. The van der Waals surface area contributed by atoms with E-state index >= 15 is 0 Å². The van der Waals surface area contributed by atoms with Crippen LogP contribution < -0.4 is 14.8 Å². The van der Waals surface area contributed by atoms with E-state index in [0.717, 1.165) is 57.2 Å². The number of hydrogen-bond donors (Lipinski definition) is 1. The number of dihydropyridines is 1. The number of nitrogens with zero attached hydrogens (tertiary/aromatic N) is 3. The number of para-hydroxylation sites is 2. The number of nitrogens with one attached hydrogen (secondary N) is 1. The number of methoxy groups -OCH3 is 1. The van der Waals surface area contributed by atoms with Gasteiger partial charge in [-0.05, 0) is 51.3 Å². The van der Waals surface area contributed by atoms with E-state index in [1.165, 1.54) is 12.1 Å². The summed E-state index contributed by atoms with van der Waals surface area (Å²) in [5.74, 6) is -0.547. The fraction of sp³-hybridized carbons (Fsp3) is 0.471. The highest BCUT2D eigenvalue weighted by Crippen LogP contribution is 2.40. The van der Waals surface area contributed by atoms with Crippen molar-refractivity contribution in [1.29, 1.82) is 0 Å². The number of non-ortho nitro benzene ring substituents is 1. The second kappa shape index (κ2) is 16.8. The summed E-state index contributed by atoms with van der Waals surface area (Å²) >= 11 is 0. The predicted octanol–water partition coefficient (Wildman–Crippen LogP) is 4.42. The first-order chi connectivity index (χ1) is 22.2. The molecule has 12 heteroatoms. The summed E-state index contributed by atoms with van der Waals surface area (Å²) in [5, 5.41) is 14.6. The lowest BCUT2D eigenvalue weighted by molar-refractivity contribution is -0.384. The molecule has 0 saturated carbocycles. The van der Waals surface area contributed by atoms with Gasteiger partial charge in [0.15, 0.2) is 11.5 Å². The van der Waals surface area contributed by atoms with E-state index in [0.29, 0.717) is 30.0 Å². The molecule has 2 aliphatic heterocycles. The standard InChI is InChI=1S/C34H44N4O8/c1-5-44-33(39)30-24(2)35-25(3)31(32(30)26-11-8-12-27(23-26)38(41)42)34(40)46-22-10-16-37-19-17-36(18-20-37)15-9-21-45-29-14-7-6-13-28(29)43-4/h6-8,11-14,23,32,35H,5,9-10,15-22H2,1-4H3. The van der Waals surface area contributed by atoms with Gasteiger partial charge in [-0.25, -0.2) is 9.59 Å². The van der Waals surface area contributed by atoms with E-state index in [-0.39, 0.29) is 30.0 Å². The van der Waals surface area contributed by atoms with Crippen LogP contribution in [0.15, 0.2) is 71.1 Å². The fourth-order valence-electron chi connectivity index (χ4n) is 5.87. The molecule has 0 bridgehead atoms. The van der Waals surface area contributed by atoms with E-state index in [1.54, 1.807) is 40.0 Å². The zero-order chi connectivity index (χ0) is 33.1. The molecular formula is C34H44N4O8. The second-order valence-electron chi connectivity index (χ2n) is 11.2. The Morgan fingerprint density at radius 1 is 0.870 bits per heavy atom. The summed E-state index contributed by atoms with van der Waals surface area (Å²) in [6.45, 7) is 11.6. The lowest BCUT2D eigenvalue weighted by Crippen LogP contribution is -2.47. The van der Waals surface area contributed by atoms with Gasteiger partial charge >= 0.3 is 11.9 Å². The number of ether oxygens (including phenoxy) is 4. The Hall–Kier alpha value is -4.42. The van der Waals surface area contributed by atoms with Gasteiger partial charge in [0, 0.05) is 62.8 Å².